The van der Waals surface area contributed by atoms with Gasteiger partial charge in [-0.25, -0.2) is 4.39 Å². The molecule has 1 saturated heterocycles. The zero-order valence-electron chi connectivity index (χ0n) is 7.69. The molecule has 0 radical (unpaired) electrons. The van der Waals surface area contributed by atoms with E-state index in [0.717, 1.165) is 5.56 Å². The van der Waals surface area contributed by atoms with Crippen LogP contribution in [0.15, 0.2) is 12.1 Å². The molecule has 0 unspecified atom stereocenters. The van der Waals surface area contributed by atoms with E-state index in [0.29, 0.717) is 13.1 Å². The van der Waals surface area contributed by atoms with Crippen LogP contribution in [0.4, 0.5) is 4.39 Å². The van der Waals surface area contributed by atoms with E-state index in [1.165, 1.54) is 12.1 Å². The van der Waals surface area contributed by atoms with Gasteiger partial charge in [0.25, 0.3) is 0 Å². The highest BCUT2D eigenvalue weighted by Crippen LogP contribution is 2.31. The average Bonchev–Trinajstić information content (AvgIpc) is 2.09. The predicted octanol–water partition coefficient (Wildman–Crippen LogP) is 2.31. The summed E-state index contributed by atoms with van der Waals surface area (Å²) in [6, 6.07) is 3.06. The number of halogens is 4. The Morgan fingerprint density at radius 3 is 2.07 bits per heavy atom. The summed E-state index contributed by atoms with van der Waals surface area (Å²) >= 11 is 11.3. The smallest absolute Gasteiger partial charge is 0.160 e. The fourth-order valence-corrected chi connectivity index (χ4v) is 1.93. The summed E-state index contributed by atoms with van der Waals surface area (Å²) in [5, 5.41) is 3.08. The molecule has 1 aromatic carbocycles. The van der Waals surface area contributed by atoms with E-state index >= 15 is 0 Å². The molecule has 3 N–H and O–H groups in total. The van der Waals surface area contributed by atoms with E-state index in [9.17, 15) is 4.39 Å². The molecule has 0 spiro atoms. The van der Waals surface area contributed by atoms with Gasteiger partial charge in [-0.15, -0.1) is 12.4 Å². The van der Waals surface area contributed by atoms with Crippen LogP contribution in [-0.2, 0) is 5.54 Å². The lowest BCUT2D eigenvalue weighted by atomic mass is 9.85. The molecule has 0 bridgehead atoms. The Hall–Kier alpha value is -0.0600. The molecule has 15 heavy (non-hydrogen) atoms. The second-order valence-electron chi connectivity index (χ2n) is 3.51. The molecule has 1 aliphatic heterocycles. The lowest BCUT2D eigenvalue weighted by Crippen LogP contribution is -2.62. The largest absolute Gasteiger partial charge is 0.319 e. The average molecular weight is 272 g/mol. The molecule has 1 aliphatic rings. The zero-order valence-corrected chi connectivity index (χ0v) is 10.0. The Kier molecular flexibility index (Phi) is 3.85. The van der Waals surface area contributed by atoms with Crippen LogP contribution in [0.3, 0.4) is 0 Å². The number of hydrogen-bond acceptors (Lipinski definition) is 2. The van der Waals surface area contributed by atoms with Crippen molar-refractivity contribution in [3.05, 3.63) is 33.6 Å². The molecule has 1 aromatic rings. The van der Waals surface area contributed by atoms with Crippen molar-refractivity contribution in [2.45, 2.75) is 5.54 Å². The van der Waals surface area contributed by atoms with E-state index in [4.69, 9.17) is 28.9 Å². The Labute approximate surface area is 103 Å². The molecule has 6 heteroatoms. The van der Waals surface area contributed by atoms with Crippen molar-refractivity contribution >= 4 is 35.6 Å². The maximum absolute atomic E-state index is 13.1. The van der Waals surface area contributed by atoms with Crippen LogP contribution < -0.4 is 11.1 Å². The summed E-state index contributed by atoms with van der Waals surface area (Å²) in [5.74, 6) is -0.590. The van der Waals surface area contributed by atoms with Gasteiger partial charge in [0.05, 0.1) is 15.6 Å². The number of rotatable bonds is 1. The van der Waals surface area contributed by atoms with Gasteiger partial charge in [-0.1, -0.05) is 23.2 Å². The zero-order chi connectivity index (χ0) is 10.3. The highest BCUT2D eigenvalue weighted by molar-refractivity contribution is 6.35. The Morgan fingerprint density at radius 1 is 1.27 bits per heavy atom. The predicted molar refractivity (Wildman–Crippen MR) is 62.4 cm³/mol. The van der Waals surface area contributed by atoms with Gasteiger partial charge in [0.2, 0.25) is 0 Å². The summed E-state index contributed by atoms with van der Waals surface area (Å²) in [7, 11) is 0. The minimum Gasteiger partial charge on any atom is -0.319 e. The molecular weight excluding hydrogens is 261 g/mol. The summed E-state index contributed by atoms with van der Waals surface area (Å²) in [6.45, 7) is 1.32. The fraction of sp³-hybridized carbons (Fsp3) is 0.333. The monoisotopic (exact) mass is 270 g/mol. The van der Waals surface area contributed by atoms with Crippen molar-refractivity contribution in [2.75, 3.05) is 13.1 Å². The molecule has 0 atom stereocenters. The number of benzene rings is 1. The SMILES string of the molecule is Cl.NC1(c2cc(Cl)c(F)c(Cl)c2)CNC1. The third-order valence-corrected chi connectivity index (χ3v) is 2.99. The van der Waals surface area contributed by atoms with E-state index in [1.807, 2.05) is 0 Å². The van der Waals surface area contributed by atoms with Gasteiger partial charge in [-0.2, -0.15) is 0 Å². The van der Waals surface area contributed by atoms with Crippen LogP contribution in [0, 0.1) is 5.82 Å². The third kappa shape index (κ3) is 2.22. The molecular formula is C9H10Cl3FN2. The van der Waals surface area contributed by atoms with Crippen LogP contribution in [0.2, 0.25) is 10.0 Å². The molecule has 2 nitrogen and oxygen atoms in total. The van der Waals surface area contributed by atoms with Crippen LogP contribution in [0.5, 0.6) is 0 Å². The van der Waals surface area contributed by atoms with Gasteiger partial charge in [0, 0.05) is 13.1 Å². The molecule has 0 amide bonds. The van der Waals surface area contributed by atoms with Crippen molar-refractivity contribution in [3.63, 3.8) is 0 Å². The summed E-state index contributed by atoms with van der Waals surface area (Å²) in [5.41, 5.74) is 6.32. The summed E-state index contributed by atoms with van der Waals surface area (Å²) in [4.78, 5) is 0. The van der Waals surface area contributed by atoms with Crippen molar-refractivity contribution < 1.29 is 4.39 Å². The van der Waals surface area contributed by atoms with Gasteiger partial charge in [0.15, 0.2) is 5.82 Å². The maximum Gasteiger partial charge on any atom is 0.160 e. The highest BCUT2D eigenvalue weighted by atomic mass is 35.5. The van der Waals surface area contributed by atoms with Crippen molar-refractivity contribution in [1.29, 1.82) is 0 Å². The first-order valence-corrected chi connectivity index (χ1v) is 4.93. The first kappa shape index (κ1) is 13.0. The quantitative estimate of drug-likeness (QED) is 0.769. The standard InChI is InChI=1S/C9H9Cl2FN2.ClH/c10-6-1-5(2-7(11)8(6)12)9(13)3-14-4-9;/h1-2,14H,3-4,13H2;1H. The Balaban J connectivity index is 0.00000112. The maximum atomic E-state index is 13.1. The molecule has 84 valence electrons. The lowest BCUT2D eigenvalue weighted by Gasteiger charge is -2.39. The number of hydrogen-bond donors (Lipinski definition) is 2. The van der Waals surface area contributed by atoms with E-state index in [2.05, 4.69) is 5.32 Å². The molecule has 1 fully saturated rings. The minimum atomic E-state index is -0.590. The first-order valence-electron chi connectivity index (χ1n) is 4.17. The van der Waals surface area contributed by atoms with Crippen LogP contribution in [0.25, 0.3) is 0 Å². The third-order valence-electron chi connectivity index (χ3n) is 2.44. The molecule has 0 saturated carbocycles. The van der Waals surface area contributed by atoms with Crippen molar-refractivity contribution in [3.8, 4) is 0 Å². The van der Waals surface area contributed by atoms with Gasteiger partial charge < -0.3 is 11.1 Å². The molecule has 0 aliphatic carbocycles. The van der Waals surface area contributed by atoms with Crippen LogP contribution >= 0.6 is 35.6 Å². The minimum absolute atomic E-state index is 0. The summed E-state index contributed by atoms with van der Waals surface area (Å²) in [6.07, 6.45) is 0. The highest BCUT2D eigenvalue weighted by Gasteiger charge is 2.35. The van der Waals surface area contributed by atoms with Crippen LogP contribution in [-0.4, -0.2) is 13.1 Å². The van der Waals surface area contributed by atoms with Gasteiger partial charge in [-0.3, -0.25) is 0 Å². The second kappa shape index (κ2) is 4.44. The first-order chi connectivity index (χ1) is 6.53. The Morgan fingerprint density at radius 2 is 1.73 bits per heavy atom. The van der Waals surface area contributed by atoms with E-state index < -0.39 is 11.4 Å². The fourth-order valence-electron chi connectivity index (χ4n) is 1.44. The van der Waals surface area contributed by atoms with Gasteiger partial charge in [-0.05, 0) is 17.7 Å². The number of nitrogens with two attached hydrogens (primary N) is 1. The second-order valence-corrected chi connectivity index (χ2v) is 4.33. The molecule has 0 aromatic heterocycles. The van der Waals surface area contributed by atoms with Gasteiger partial charge in [0.1, 0.15) is 0 Å². The van der Waals surface area contributed by atoms with Crippen LogP contribution in [0.1, 0.15) is 5.56 Å². The normalized spacial score (nSPS) is 17.9. The van der Waals surface area contributed by atoms with E-state index in [1.54, 1.807) is 0 Å². The Bertz CT molecular complexity index is 357. The summed E-state index contributed by atoms with van der Waals surface area (Å²) < 4.78 is 13.1. The number of nitrogens with one attached hydrogen (secondary N) is 1. The molecule has 2 rings (SSSR count). The molecule has 1 heterocycles. The van der Waals surface area contributed by atoms with E-state index in [-0.39, 0.29) is 22.5 Å². The lowest BCUT2D eigenvalue weighted by molar-refractivity contribution is 0.287. The van der Waals surface area contributed by atoms with Crippen molar-refractivity contribution in [2.24, 2.45) is 5.73 Å². The topological polar surface area (TPSA) is 38.0 Å². The van der Waals surface area contributed by atoms with Gasteiger partial charge >= 0.3 is 0 Å². The van der Waals surface area contributed by atoms with Crippen molar-refractivity contribution in [1.82, 2.24) is 5.32 Å².